The number of sulfonamides is 1. The molecule has 5 aromatic rings. The van der Waals surface area contributed by atoms with Crippen molar-refractivity contribution < 1.29 is 21.6 Å². The number of alkyl halides is 3. The molecule has 0 aliphatic rings. The van der Waals surface area contributed by atoms with Crippen molar-refractivity contribution in [2.24, 2.45) is 0 Å². The number of aromatic amines is 1. The lowest BCUT2D eigenvalue weighted by molar-refractivity contribution is -0.136. The van der Waals surface area contributed by atoms with E-state index in [1.54, 1.807) is 24.3 Å². The fourth-order valence-corrected chi connectivity index (χ4v) is 5.54. The summed E-state index contributed by atoms with van der Waals surface area (Å²) >= 11 is 0. The van der Waals surface area contributed by atoms with Gasteiger partial charge in [0.25, 0.3) is 10.0 Å². The van der Waals surface area contributed by atoms with E-state index >= 15 is 0 Å². The normalized spacial score (nSPS) is 12.0. The highest BCUT2D eigenvalue weighted by molar-refractivity contribution is 7.92. The molecule has 0 amide bonds. The van der Waals surface area contributed by atoms with Crippen LogP contribution in [0.2, 0.25) is 0 Å². The van der Waals surface area contributed by atoms with Gasteiger partial charge in [0.1, 0.15) is 0 Å². The van der Waals surface area contributed by atoms with Crippen LogP contribution in [-0.4, -0.2) is 13.4 Å². The Bertz CT molecular complexity index is 1830. The first-order valence-corrected chi connectivity index (χ1v) is 13.5. The molecule has 0 aliphatic carbocycles. The van der Waals surface area contributed by atoms with E-state index in [1.165, 1.54) is 24.3 Å². The van der Waals surface area contributed by atoms with Crippen LogP contribution in [0.1, 0.15) is 22.3 Å². The standard InChI is InChI=1S/C30H23F3N2O3S/c1-19-7-11-23(22-5-3-2-4-6-22)17-28(19)35-39(37,38)24-12-8-20(9-13-24)15-21-10-14-27-25(16-21)26(30(31,32)33)18-29(36)34-27/h2-14,16-18,35H,15H2,1H3,(H,34,36). The number of hydrogen-bond donors (Lipinski definition) is 2. The molecule has 0 unspecified atom stereocenters. The Kier molecular flexibility index (Phi) is 6.78. The molecule has 0 aliphatic heterocycles. The zero-order chi connectivity index (χ0) is 27.8. The molecule has 0 fully saturated rings. The third-order valence-electron chi connectivity index (χ3n) is 6.44. The van der Waals surface area contributed by atoms with Crippen LogP contribution in [0, 0.1) is 6.92 Å². The van der Waals surface area contributed by atoms with Crippen LogP contribution in [0.25, 0.3) is 22.0 Å². The minimum absolute atomic E-state index is 0.0613. The van der Waals surface area contributed by atoms with Crippen molar-refractivity contribution in [1.82, 2.24) is 4.98 Å². The Morgan fingerprint density at radius 2 is 1.49 bits per heavy atom. The van der Waals surface area contributed by atoms with Crippen molar-refractivity contribution in [2.75, 3.05) is 4.72 Å². The van der Waals surface area contributed by atoms with E-state index in [1.807, 2.05) is 49.4 Å². The number of nitrogens with one attached hydrogen (secondary N) is 2. The molecule has 5 nitrogen and oxygen atoms in total. The number of halogens is 3. The van der Waals surface area contributed by atoms with Gasteiger partial charge < -0.3 is 4.98 Å². The molecule has 4 aromatic carbocycles. The monoisotopic (exact) mass is 548 g/mol. The van der Waals surface area contributed by atoms with Crippen molar-refractivity contribution in [3.05, 3.63) is 130 Å². The lowest BCUT2D eigenvalue weighted by Crippen LogP contribution is -2.14. The van der Waals surface area contributed by atoms with Gasteiger partial charge in [0, 0.05) is 17.0 Å². The Morgan fingerprint density at radius 1 is 0.795 bits per heavy atom. The lowest BCUT2D eigenvalue weighted by Gasteiger charge is -2.13. The molecule has 1 aromatic heterocycles. The number of aryl methyl sites for hydroxylation is 1. The molecule has 0 saturated carbocycles. The van der Waals surface area contributed by atoms with Crippen LogP contribution >= 0.6 is 0 Å². The van der Waals surface area contributed by atoms with Crippen molar-refractivity contribution in [2.45, 2.75) is 24.4 Å². The zero-order valence-electron chi connectivity index (χ0n) is 20.7. The average Bonchev–Trinajstić information content (AvgIpc) is 2.90. The summed E-state index contributed by atoms with van der Waals surface area (Å²) in [5.74, 6) is 0. The van der Waals surface area contributed by atoms with Gasteiger partial charge in [-0.25, -0.2) is 8.42 Å². The predicted molar refractivity (Wildman–Crippen MR) is 146 cm³/mol. The van der Waals surface area contributed by atoms with Crippen molar-refractivity contribution in [1.29, 1.82) is 0 Å². The number of hydrogen-bond acceptors (Lipinski definition) is 3. The van der Waals surface area contributed by atoms with E-state index < -0.39 is 27.3 Å². The first kappa shape index (κ1) is 26.2. The highest BCUT2D eigenvalue weighted by Crippen LogP contribution is 2.34. The first-order valence-electron chi connectivity index (χ1n) is 12.0. The minimum atomic E-state index is -4.67. The number of H-pyrrole nitrogens is 1. The van der Waals surface area contributed by atoms with Crippen LogP contribution in [-0.2, 0) is 22.6 Å². The summed E-state index contributed by atoms with van der Waals surface area (Å²) in [6.45, 7) is 1.82. The fourth-order valence-electron chi connectivity index (χ4n) is 4.41. The Hall–Kier alpha value is -4.37. The second-order valence-electron chi connectivity index (χ2n) is 9.25. The van der Waals surface area contributed by atoms with Crippen LogP contribution in [0.3, 0.4) is 0 Å². The molecule has 0 radical (unpaired) electrons. The Morgan fingerprint density at radius 3 is 2.18 bits per heavy atom. The number of aromatic nitrogens is 1. The van der Waals surface area contributed by atoms with Crippen LogP contribution < -0.4 is 10.3 Å². The summed E-state index contributed by atoms with van der Waals surface area (Å²) < 4.78 is 69.4. The number of pyridine rings is 1. The van der Waals surface area contributed by atoms with Gasteiger partial charge >= 0.3 is 6.18 Å². The molecular formula is C30H23F3N2O3S. The van der Waals surface area contributed by atoms with E-state index in [4.69, 9.17) is 0 Å². The molecule has 0 spiro atoms. The van der Waals surface area contributed by atoms with Gasteiger partial charge in [-0.2, -0.15) is 13.2 Å². The lowest BCUT2D eigenvalue weighted by atomic mass is 10.0. The third-order valence-corrected chi connectivity index (χ3v) is 7.83. The summed E-state index contributed by atoms with van der Waals surface area (Å²) in [5, 5.41) is -0.101. The van der Waals surface area contributed by atoms with Gasteiger partial charge in [0.15, 0.2) is 0 Å². The van der Waals surface area contributed by atoms with Crippen molar-refractivity contribution in [3.63, 3.8) is 0 Å². The topological polar surface area (TPSA) is 79.0 Å². The van der Waals surface area contributed by atoms with Crippen LogP contribution in [0.15, 0.2) is 107 Å². The van der Waals surface area contributed by atoms with E-state index in [-0.39, 0.29) is 22.2 Å². The highest BCUT2D eigenvalue weighted by Gasteiger charge is 2.33. The molecule has 9 heteroatoms. The van der Waals surface area contributed by atoms with Gasteiger partial charge in [0.05, 0.1) is 16.1 Å². The largest absolute Gasteiger partial charge is 0.417 e. The van der Waals surface area contributed by atoms with E-state index in [0.29, 0.717) is 22.9 Å². The van der Waals surface area contributed by atoms with Gasteiger partial charge in [-0.1, -0.05) is 60.7 Å². The molecule has 39 heavy (non-hydrogen) atoms. The number of benzene rings is 4. The van der Waals surface area contributed by atoms with Gasteiger partial charge in [-0.05, 0) is 71.5 Å². The molecular weight excluding hydrogens is 525 g/mol. The molecule has 5 rings (SSSR count). The summed E-state index contributed by atoms with van der Waals surface area (Å²) in [5.41, 5.74) is 2.65. The van der Waals surface area contributed by atoms with Gasteiger partial charge in [-0.15, -0.1) is 0 Å². The second-order valence-corrected chi connectivity index (χ2v) is 10.9. The summed E-state index contributed by atoms with van der Waals surface area (Å²) in [6, 6.07) is 26.4. The maximum absolute atomic E-state index is 13.5. The van der Waals surface area contributed by atoms with Crippen LogP contribution in [0.5, 0.6) is 0 Å². The fraction of sp³-hybridized carbons (Fsp3) is 0.100. The summed E-state index contributed by atoms with van der Waals surface area (Å²) in [7, 11) is -3.89. The predicted octanol–water partition coefficient (Wildman–Crippen LogP) is 6.91. The quantitative estimate of drug-likeness (QED) is 0.242. The summed E-state index contributed by atoms with van der Waals surface area (Å²) in [6.07, 6.45) is -4.40. The molecule has 0 bridgehead atoms. The Labute approximate surface area is 223 Å². The van der Waals surface area contributed by atoms with E-state index in [2.05, 4.69) is 9.71 Å². The SMILES string of the molecule is Cc1ccc(-c2ccccc2)cc1NS(=O)(=O)c1ccc(Cc2ccc3[nH]c(=O)cc(C(F)(F)F)c3c2)cc1. The van der Waals surface area contributed by atoms with Gasteiger partial charge in [0.2, 0.25) is 5.56 Å². The van der Waals surface area contributed by atoms with Crippen molar-refractivity contribution >= 4 is 26.6 Å². The maximum atomic E-state index is 13.5. The third kappa shape index (κ3) is 5.73. The average molecular weight is 549 g/mol. The molecule has 198 valence electrons. The van der Waals surface area contributed by atoms with Crippen molar-refractivity contribution in [3.8, 4) is 11.1 Å². The number of rotatable bonds is 6. The number of fused-ring (bicyclic) bond motifs is 1. The zero-order valence-corrected chi connectivity index (χ0v) is 21.5. The van der Waals surface area contributed by atoms with Gasteiger partial charge in [-0.3, -0.25) is 9.52 Å². The minimum Gasteiger partial charge on any atom is -0.322 e. The van der Waals surface area contributed by atoms with Crippen LogP contribution in [0.4, 0.5) is 18.9 Å². The number of anilines is 1. The molecule has 0 saturated heterocycles. The molecule has 1 heterocycles. The maximum Gasteiger partial charge on any atom is 0.417 e. The van der Waals surface area contributed by atoms with E-state index in [0.717, 1.165) is 16.7 Å². The Balaban J connectivity index is 1.38. The van der Waals surface area contributed by atoms with E-state index in [9.17, 15) is 26.4 Å². The summed E-state index contributed by atoms with van der Waals surface area (Å²) in [4.78, 5) is 14.1. The molecule has 0 atom stereocenters. The second kappa shape index (κ2) is 10.1. The smallest absolute Gasteiger partial charge is 0.322 e. The highest BCUT2D eigenvalue weighted by atomic mass is 32.2. The first-order chi connectivity index (χ1) is 18.5. The molecule has 2 N–H and O–H groups in total.